The van der Waals surface area contributed by atoms with E-state index in [9.17, 15) is 9.59 Å². The van der Waals surface area contributed by atoms with Crippen LogP contribution >= 0.6 is 0 Å². The number of hydrogen-bond acceptors (Lipinski definition) is 3. The van der Waals surface area contributed by atoms with Crippen molar-refractivity contribution in [2.24, 2.45) is 0 Å². The number of nitrogens with one attached hydrogen (secondary N) is 3. The molecule has 126 valence electrons. The van der Waals surface area contributed by atoms with Gasteiger partial charge in [-0.25, -0.2) is 10.3 Å². The lowest BCUT2D eigenvalue weighted by molar-refractivity contribution is 0.0706. The highest BCUT2D eigenvalue weighted by molar-refractivity contribution is 5.93. The van der Waals surface area contributed by atoms with Crippen LogP contribution in [-0.4, -0.2) is 17.1 Å². The lowest BCUT2D eigenvalue weighted by Crippen LogP contribution is -2.31. The van der Waals surface area contributed by atoms with Crippen LogP contribution in [0.25, 0.3) is 0 Å². The average Bonchev–Trinajstić information content (AvgIpc) is 2.57. The van der Waals surface area contributed by atoms with Gasteiger partial charge in [0.1, 0.15) is 0 Å². The smallest absolute Gasteiger partial charge is 0.319 e. The molecule has 0 heterocycles. The zero-order valence-electron chi connectivity index (χ0n) is 13.9. The summed E-state index contributed by atoms with van der Waals surface area (Å²) < 4.78 is 0. The van der Waals surface area contributed by atoms with E-state index in [2.05, 4.69) is 10.6 Å². The van der Waals surface area contributed by atoms with Gasteiger partial charge in [-0.2, -0.15) is 0 Å². The van der Waals surface area contributed by atoms with Crippen LogP contribution in [0, 0.1) is 13.8 Å². The monoisotopic (exact) mass is 327 g/mol. The van der Waals surface area contributed by atoms with Gasteiger partial charge in [-0.15, -0.1) is 0 Å². The second-order valence-electron chi connectivity index (χ2n) is 5.68. The largest absolute Gasteiger partial charge is 0.331 e. The number of urea groups is 1. The molecular formula is C18H21N3O3. The SMILES string of the molecule is Cc1ccc(NC(=O)NC(C)c2ccc(C(=O)NO)cc2)cc1C. The Morgan fingerprint density at radius 3 is 2.25 bits per heavy atom. The quantitative estimate of drug-likeness (QED) is 0.513. The van der Waals surface area contributed by atoms with Crippen LogP contribution in [0.4, 0.5) is 10.5 Å². The van der Waals surface area contributed by atoms with Crippen molar-refractivity contribution in [1.82, 2.24) is 10.8 Å². The number of hydrogen-bond donors (Lipinski definition) is 4. The molecule has 0 fully saturated rings. The van der Waals surface area contributed by atoms with Crippen molar-refractivity contribution in [1.29, 1.82) is 0 Å². The van der Waals surface area contributed by atoms with Gasteiger partial charge in [0.05, 0.1) is 6.04 Å². The van der Waals surface area contributed by atoms with Crippen LogP contribution in [0.5, 0.6) is 0 Å². The number of aryl methyl sites for hydroxylation is 2. The van der Waals surface area contributed by atoms with Crippen LogP contribution in [0.1, 0.15) is 40.0 Å². The van der Waals surface area contributed by atoms with Gasteiger partial charge in [-0.1, -0.05) is 18.2 Å². The summed E-state index contributed by atoms with van der Waals surface area (Å²) in [6.45, 7) is 5.86. The van der Waals surface area contributed by atoms with Crippen LogP contribution in [0.2, 0.25) is 0 Å². The topological polar surface area (TPSA) is 90.5 Å². The Labute approximate surface area is 140 Å². The Morgan fingerprint density at radius 2 is 1.67 bits per heavy atom. The van der Waals surface area contributed by atoms with Gasteiger partial charge in [0.25, 0.3) is 5.91 Å². The number of anilines is 1. The maximum atomic E-state index is 12.1. The van der Waals surface area contributed by atoms with Crippen LogP contribution in [0.15, 0.2) is 42.5 Å². The van der Waals surface area contributed by atoms with E-state index in [1.54, 1.807) is 29.7 Å². The van der Waals surface area contributed by atoms with E-state index in [-0.39, 0.29) is 12.1 Å². The summed E-state index contributed by atoms with van der Waals surface area (Å²) in [4.78, 5) is 23.4. The van der Waals surface area contributed by atoms with E-state index in [0.29, 0.717) is 5.56 Å². The molecule has 0 saturated heterocycles. The van der Waals surface area contributed by atoms with Gasteiger partial charge in [-0.3, -0.25) is 10.0 Å². The molecule has 4 N–H and O–H groups in total. The molecule has 0 aliphatic rings. The number of carbonyl (C=O) groups is 2. The lowest BCUT2D eigenvalue weighted by atomic mass is 10.1. The molecule has 2 aromatic carbocycles. The predicted octanol–water partition coefficient (Wildman–Crippen LogP) is 3.31. The summed E-state index contributed by atoms with van der Waals surface area (Å²) >= 11 is 0. The number of rotatable bonds is 4. The van der Waals surface area contributed by atoms with Crippen molar-refractivity contribution in [3.63, 3.8) is 0 Å². The van der Waals surface area contributed by atoms with Crippen molar-refractivity contribution < 1.29 is 14.8 Å². The minimum atomic E-state index is -0.574. The van der Waals surface area contributed by atoms with Crippen LogP contribution in [0.3, 0.4) is 0 Å². The summed E-state index contributed by atoms with van der Waals surface area (Å²) in [6.07, 6.45) is 0. The molecule has 0 bridgehead atoms. The van der Waals surface area contributed by atoms with E-state index in [1.807, 2.05) is 39.0 Å². The molecule has 0 saturated carbocycles. The fourth-order valence-electron chi connectivity index (χ4n) is 2.25. The Kier molecular flexibility index (Phi) is 5.55. The maximum Gasteiger partial charge on any atom is 0.319 e. The third kappa shape index (κ3) is 4.33. The molecule has 2 aromatic rings. The molecule has 24 heavy (non-hydrogen) atoms. The van der Waals surface area contributed by atoms with Crippen LogP contribution < -0.4 is 16.1 Å². The van der Waals surface area contributed by atoms with Crippen molar-refractivity contribution in [3.05, 3.63) is 64.7 Å². The molecule has 0 spiro atoms. The van der Waals surface area contributed by atoms with Gasteiger partial charge >= 0.3 is 6.03 Å². The lowest BCUT2D eigenvalue weighted by Gasteiger charge is -2.16. The van der Waals surface area contributed by atoms with Gasteiger partial charge in [0.2, 0.25) is 0 Å². The van der Waals surface area contributed by atoms with Gasteiger partial charge in [-0.05, 0) is 61.7 Å². The maximum absolute atomic E-state index is 12.1. The van der Waals surface area contributed by atoms with E-state index >= 15 is 0 Å². The highest BCUT2D eigenvalue weighted by Gasteiger charge is 2.11. The molecule has 1 unspecified atom stereocenters. The third-order valence-corrected chi connectivity index (χ3v) is 3.89. The molecule has 2 rings (SSSR count). The Hall–Kier alpha value is -2.86. The molecular weight excluding hydrogens is 306 g/mol. The van der Waals surface area contributed by atoms with E-state index < -0.39 is 5.91 Å². The third-order valence-electron chi connectivity index (χ3n) is 3.89. The second kappa shape index (κ2) is 7.61. The fourth-order valence-corrected chi connectivity index (χ4v) is 2.25. The zero-order chi connectivity index (χ0) is 17.7. The summed E-state index contributed by atoms with van der Waals surface area (Å²) in [7, 11) is 0. The minimum absolute atomic E-state index is 0.234. The first-order valence-electron chi connectivity index (χ1n) is 7.60. The van der Waals surface area contributed by atoms with E-state index in [4.69, 9.17) is 5.21 Å². The first kappa shape index (κ1) is 17.5. The summed E-state index contributed by atoms with van der Waals surface area (Å²) in [5.74, 6) is -0.574. The summed E-state index contributed by atoms with van der Waals surface area (Å²) in [6, 6.07) is 11.8. The number of amides is 3. The van der Waals surface area contributed by atoms with Gasteiger partial charge < -0.3 is 10.6 Å². The highest BCUT2D eigenvalue weighted by Crippen LogP contribution is 2.16. The normalized spacial score (nSPS) is 11.5. The molecule has 0 radical (unpaired) electrons. The number of carbonyl (C=O) groups excluding carboxylic acids is 2. The second-order valence-corrected chi connectivity index (χ2v) is 5.68. The van der Waals surface area contributed by atoms with Gasteiger partial charge in [0, 0.05) is 11.3 Å². The Balaban J connectivity index is 1.98. The molecule has 3 amide bonds. The van der Waals surface area contributed by atoms with E-state index in [1.165, 1.54) is 5.56 Å². The summed E-state index contributed by atoms with van der Waals surface area (Å²) in [5.41, 5.74) is 5.78. The standard InChI is InChI=1S/C18H21N3O3/c1-11-4-9-16(10-12(11)2)20-18(23)19-13(3)14-5-7-15(8-6-14)17(22)21-24/h4-10,13,24H,1-3H3,(H,21,22)(H2,19,20,23). The minimum Gasteiger partial charge on any atom is -0.331 e. The zero-order valence-corrected chi connectivity index (χ0v) is 13.9. The Bertz CT molecular complexity index is 742. The summed E-state index contributed by atoms with van der Waals surface area (Å²) in [5, 5.41) is 14.2. The van der Waals surface area contributed by atoms with Crippen LogP contribution in [-0.2, 0) is 0 Å². The average molecular weight is 327 g/mol. The number of benzene rings is 2. The molecule has 6 nitrogen and oxygen atoms in total. The first-order valence-corrected chi connectivity index (χ1v) is 7.60. The van der Waals surface area contributed by atoms with E-state index in [0.717, 1.165) is 16.8 Å². The Morgan fingerprint density at radius 1 is 1.00 bits per heavy atom. The molecule has 0 aliphatic carbocycles. The highest BCUT2D eigenvalue weighted by atomic mass is 16.5. The molecule has 0 aliphatic heterocycles. The predicted molar refractivity (Wildman–Crippen MR) is 92.2 cm³/mol. The van der Waals surface area contributed by atoms with Crippen molar-refractivity contribution >= 4 is 17.6 Å². The fraction of sp³-hybridized carbons (Fsp3) is 0.222. The first-order chi connectivity index (χ1) is 11.4. The van der Waals surface area contributed by atoms with Gasteiger partial charge in [0.15, 0.2) is 0 Å². The van der Waals surface area contributed by atoms with Crippen molar-refractivity contribution in [3.8, 4) is 0 Å². The van der Waals surface area contributed by atoms with Crippen molar-refractivity contribution in [2.75, 3.05) is 5.32 Å². The molecule has 1 atom stereocenters. The molecule has 6 heteroatoms. The molecule has 0 aromatic heterocycles. The van der Waals surface area contributed by atoms with Crippen molar-refractivity contribution in [2.45, 2.75) is 26.8 Å². The number of hydroxylamine groups is 1.